The first-order valence-corrected chi connectivity index (χ1v) is 4.74. The van der Waals surface area contributed by atoms with Gasteiger partial charge in [-0.3, -0.25) is 4.98 Å². The van der Waals surface area contributed by atoms with E-state index in [2.05, 4.69) is 21.5 Å². The number of aromatic nitrogens is 1. The van der Waals surface area contributed by atoms with Crippen molar-refractivity contribution in [3.63, 3.8) is 0 Å². The summed E-state index contributed by atoms with van der Waals surface area (Å²) in [4.78, 5) is 4.18. The van der Waals surface area contributed by atoms with Gasteiger partial charge in [0.25, 0.3) is 0 Å². The zero-order chi connectivity index (χ0) is 10.3. The van der Waals surface area contributed by atoms with Crippen LogP contribution in [0.3, 0.4) is 0 Å². The average Bonchev–Trinajstić information content (AvgIpc) is 2.88. The Labute approximate surface area is 88.2 Å². The van der Waals surface area contributed by atoms with Gasteiger partial charge >= 0.3 is 0 Å². The molecule has 0 aliphatic carbocycles. The van der Waals surface area contributed by atoms with Gasteiger partial charge in [-0.25, -0.2) is 0 Å². The predicted octanol–water partition coefficient (Wildman–Crippen LogP) is 3.51. The van der Waals surface area contributed by atoms with Crippen LogP contribution in [0.5, 0.6) is 0 Å². The standard InChI is InChI=1S/C9H7N.C4H4O/c1-2-6-9-8(4-1)5-3-7-10-9;1-2-4-5-3-1/h1-7H;1-4H. The smallest absolute Gasteiger partial charge is 0.0902 e. The maximum absolute atomic E-state index is 4.58. The van der Waals surface area contributed by atoms with Crippen molar-refractivity contribution in [3.05, 3.63) is 67.3 Å². The van der Waals surface area contributed by atoms with Crippen molar-refractivity contribution in [3.8, 4) is 0 Å². The van der Waals surface area contributed by atoms with Crippen molar-refractivity contribution in [1.82, 2.24) is 4.98 Å². The Bertz CT molecular complexity index is 420. The number of hydrogen-bond donors (Lipinski definition) is 0. The van der Waals surface area contributed by atoms with Gasteiger partial charge in [-0.2, -0.15) is 0 Å². The number of furan rings is 1. The number of benzene rings is 1. The number of rotatable bonds is 0. The van der Waals surface area contributed by atoms with Crippen LogP contribution in [0.2, 0.25) is 0 Å². The van der Waals surface area contributed by atoms with E-state index >= 15 is 0 Å². The molecular weight excluding hydrogens is 186 g/mol. The Morgan fingerprint density at radius 1 is 0.800 bits per heavy atom. The Hall–Kier alpha value is -2.09. The minimum atomic E-state index is 1.06. The van der Waals surface area contributed by atoms with E-state index in [0.717, 1.165) is 5.52 Å². The zero-order valence-electron chi connectivity index (χ0n) is 8.21. The lowest BCUT2D eigenvalue weighted by atomic mass is 10.2. The molecule has 0 aliphatic rings. The van der Waals surface area contributed by atoms with Crippen LogP contribution in [0, 0.1) is 0 Å². The quantitative estimate of drug-likeness (QED) is 0.551. The van der Waals surface area contributed by atoms with Crippen LogP contribution in [-0.4, -0.2) is 4.98 Å². The van der Waals surface area contributed by atoms with Crippen LogP contribution in [0.4, 0.5) is 0 Å². The molecule has 2 heteroatoms. The van der Waals surface area contributed by atoms with E-state index in [1.807, 2.05) is 42.6 Å². The van der Waals surface area contributed by atoms with Crippen molar-refractivity contribution >= 4 is 10.9 Å². The first-order valence-electron chi connectivity index (χ1n) is 4.74. The fraction of sp³-hybridized carbons (Fsp3) is 0. The lowest BCUT2D eigenvalue weighted by Crippen LogP contribution is -1.73. The molecule has 0 bridgehead atoms. The molecule has 0 spiro atoms. The second-order valence-electron chi connectivity index (χ2n) is 2.99. The van der Waals surface area contributed by atoms with E-state index in [0.29, 0.717) is 0 Å². The van der Waals surface area contributed by atoms with Crippen LogP contribution in [-0.2, 0) is 0 Å². The molecule has 0 radical (unpaired) electrons. The average molecular weight is 197 g/mol. The Kier molecular flexibility index (Phi) is 3.13. The van der Waals surface area contributed by atoms with Crippen molar-refractivity contribution in [2.75, 3.05) is 0 Å². The molecule has 0 aliphatic heterocycles. The molecule has 0 unspecified atom stereocenters. The summed E-state index contributed by atoms with van der Waals surface area (Å²) < 4.78 is 4.58. The molecule has 0 saturated heterocycles. The van der Waals surface area contributed by atoms with Gasteiger partial charge in [0.05, 0.1) is 18.0 Å². The lowest BCUT2D eigenvalue weighted by Gasteiger charge is -1.91. The highest BCUT2D eigenvalue weighted by atomic mass is 16.3. The summed E-state index contributed by atoms with van der Waals surface area (Å²) in [5, 5.41) is 1.20. The molecule has 0 N–H and O–H groups in total. The molecule has 1 aromatic carbocycles. The Morgan fingerprint density at radius 2 is 1.53 bits per heavy atom. The second kappa shape index (κ2) is 4.96. The summed E-state index contributed by atoms with van der Waals surface area (Å²) in [5.41, 5.74) is 1.06. The number of para-hydroxylation sites is 1. The largest absolute Gasteiger partial charge is 0.473 e. The summed E-state index contributed by atoms with van der Waals surface area (Å²) in [6.07, 6.45) is 5.06. The minimum Gasteiger partial charge on any atom is -0.473 e. The van der Waals surface area contributed by atoms with Gasteiger partial charge < -0.3 is 4.42 Å². The van der Waals surface area contributed by atoms with Crippen molar-refractivity contribution < 1.29 is 4.42 Å². The second-order valence-corrected chi connectivity index (χ2v) is 2.99. The van der Waals surface area contributed by atoms with E-state index < -0.39 is 0 Å². The molecule has 3 rings (SSSR count). The molecule has 74 valence electrons. The van der Waals surface area contributed by atoms with Crippen molar-refractivity contribution in [1.29, 1.82) is 0 Å². The molecule has 15 heavy (non-hydrogen) atoms. The van der Waals surface area contributed by atoms with Gasteiger partial charge in [0, 0.05) is 11.6 Å². The summed E-state index contributed by atoms with van der Waals surface area (Å²) in [7, 11) is 0. The Morgan fingerprint density at radius 3 is 2.20 bits per heavy atom. The van der Waals surface area contributed by atoms with Gasteiger partial charge in [0.2, 0.25) is 0 Å². The molecule has 0 saturated carbocycles. The van der Waals surface area contributed by atoms with Gasteiger partial charge in [-0.1, -0.05) is 24.3 Å². The molecule has 0 atom stereocenters. The molecule has 0 fully saturated rings. The number of fused-ring (bicyclic) bond motifs is 1. The van der Waals surface area contributed by atoms with E-state index in [1.54, 1.807) is 12.5 Å². The summed E-state index contributed by atoms with van der Waals surface area (Å²) in [5.74, 6) is 0. The predicted molar refractivity (Wildman–Crippen MR) is 60.5 cm³/mol. The maximum Gasteiger partial charge on any atom is 0.0902 e. The third kappa shape index (κ3) is 2.68. The van der Waals surface area contributed by atoms with E-state index in [-0.39, 0.29) is 0 Å². The first-order chi connectivity index (χ1) is 7.47. The molecular formula is C13H11NO. The van der Waals surface area contributed by atoms with Crippen LogP contribution in [0.1, 0.15) is 0 Å². The molecule has 2 aromatic heterocycles. The monoisotopic (exact) mass is 197 g/mol. The number of nitrogens with zero attached hydrogens (tertiary/aromatic N) is 1. The van der Waals surface area contributed by atoms with Gasteiger partial charge in [-0.05, 0) is 24.3 Å². The highest BCUT2D eigenvalue weighted by Gasteiger charge is 1.86. The highest BCUT2D eigenvalue weighted by Crippen LogP contribution is 2.07. The fourth-order valence-electron chi connectivity index (χ4n) is 1.24. The summed E-state index contributed by atoms with van der Waals surface area (Å²) in [6.45, 7) is 0. The topological polar surface area (TPSA) is 26.0 Å². The molecule has 2 nitrogen and oxygen atoms in total. The van der Waals surface area contributed by atoms with Crippen LogP contribution >= 0.6 is 0 Å². The van der Waals surface area contributed by atoms with Crippen molar-refractivity contribution in [2.45, 2.75) is 0 Å². The molecule has 0 amide bonds. The molecule has 3 aromatic rings. The van der Waals surface area contributed by atoms with E-state index in [9.17, 15) is 0 Å². The van der Waals surface area contributed by atoms with E-state index in [4.69, 9.17) is 0 Å². The van der Waals surface area contributed by atoms with Crippen LogP contribution < -0.4 is 0 Å². The normalized spacial score (nSPS) is 9.33. The van der Waals surface area contributed by atoms with Gasteiger partial charge in [0.15, 0.2) is 0 Å². The van der Waals surface area contributed by atoms with Crippen LogP contribution in [0.15, 0.2) is 71.7 Å². The summed E-state index contributed by atoms with van der Waals surface area (Å²) >= 11 is 0. The van der Waals surface area contributed by atoms with Gasteiger partial charge in [-0.15, -0.1) is 0 Å². The summed E-state index contributed by atoms with van der Waals surface area (Å²) in [6, 6.07) is 15.8. The SMILES string of the molecule is c1ccc2ncccc2c1.c1ccoc1. The third-order valence-electron chi connectivity index (χ3n) is 1.94. The highest BCUT2D eigenvalue weighted by molar-refractivity contribution is 5.77. The van der Waals surface area contributed by atoms with E-state index in [1.165, 1.54) is 5.39 Å². The maximum atomic E-state index is 4.58. The lowest BCUT2D eigenvalue weighted by molar-refractivity contribution is 0.567. The first kappa shape index (κ1) is 9.46. The third-order valence-corrected chi connectivity index (χ3v) is 1.94. The fourth-order valence-corrected chi connectivity index (χ4v) is 1.24. The minimum absolute atomic E-state index is 1.06. The van der Waals surface area contributed by atoms with Crippen molar-refractivity contribution in [2.24, 2.45) is 0 Å². The Balaban J connectivity index is 0.000000144. The number of hydrogen-bond acceptors (Lipinski definition) is 2. The zero-order valence-corrected chi connectivity index (χ0v) is 8.21. The number of pyridine rings is 1. The van der Waals surface area contributed by atoms with Gasteiger partial charge in [0.1, 0.15) is 0 Å². The molecule has 2 heterocycles. The van der Waals surface area contributed by atoms with Crippen LogP contribution in [0.25, 0.3) is 10.9 Å².